The van der Waals surface area contributed by atoms with Gasteiger partial charge in [0.1, 0.15) is 0 Å². The van der Waals surface area contributed by atoms with Gasteiger partial charge in [0.15, 0.2) is 0 Å². The Balaban J connectivity index is 1.81. The molecule has 0 radical (unpaired) electrons. The van der Waals surface area contributed by atoms with Crippen molar-refractivity contribution in [2.24, 2.45) is 0 Å². The van der Waals surface area contributed by atoms with Crippen LogP contribution in [-0.4, -0.2) is 33.2 Å². The van der Waals surface area contributed by atoms with Gasteiger partial charge >= 0.3 is 0 Å². The highest BCUT2D eigenvalue weighted by molar-refractivity contribution is 7.99. The molecule has 3 nitrogen and oxygen atoms in total. The maximum atomic E-state index is 12.9. The van der Waals surface area contributed by atoms with Crippen LogP contribution in [0, 0.1) is 6.92 Å². The second-order valence-corrected chi connectivity index (χ2v) is 8.59. The van der Waals surface area contributed by atoms with Crippen molar-refractivity contribution >= 4 is 28.2 Å². The number of rotatable bonds is 2. The SMILES string of the molecule is Cc1ccc(N)c(S(=O)C2CCOC3(CCSC3)C2)c1. The molecule has 0 amide bonds. The molecule has 2 N–H and O–H groups in total. The van der Waals surface area contributed by atoms with E-state index in [1.54, 1.807) is 0 Å². The molecule has 1 spiro atoms. The van der Waals surface area contributed by atoms with Gasteiger partial charge < -0.3 is 10.5 Å². The van der Waals surface area contributed by atoms with Gasteiger partial charge in [0.05, 0.1) is 21.3 Å². The van der Waals surface area contributed by atoms with Crippen molar-refractivity contribution in [3.8, 4) is 0 Å². The van der Waals surface area contributed by atoms with E-state index in [9.17, 15) is 4.21 Å². The largest absolute Gasteiger partial charge is 0.398 e. The molecule has 5 heteroatoms. The number of aryl methyl sites for hydroxylation is 1. The van der Waals surface area contributed by atoms with Gasteiger partial charge in [-0.05, 0) is 49.6 Å². The standard InChI is InChI=1S/C15H21NO2S2/c1-11-2-3-13(16)14(8-11)20(17)12-4-6-18-15(9-12)5-7-19-10-15/h2-3,8,12H,4-7,9-10,16H2,1H3. The van der Waals surface area contributed by atoms with Crippen molar-refractivity contribution < 1.29 is 8.95 Å². The summed E-state index contributed by atoms with van der Waals surface area (Å²) in [5.74, 6) is 2.20. The Morgan fingerprint density at radius 1 is 1.50 bits per heavy atom. The van der Waals surface area contributed by atoms with Gasteiger partial charge in [-0.1, -0.05) is 6.07 Å². The van der Waals surface area contributed by atoms with Crippen LogP contribution < -0.4 is 5.73 Å². The molecular formula is C15H21NO2S2. The van der Waals surface area contributed by atoms with Crippen LogP contribution in [0.3, 0.4) is 0 Å². The third-order valence-corrected chi connectivity index (χ3v) is 7.22. The lowest BCUT2D eigenvalue weighted by molar-refractivity contribution is -0.0567. The number of benzene rings is 1. The van der Waals surface area contributed by atoms with Crippen molar-refractivity contribution in [2.45, 2.75) is 41.9 Å². The first-order valence-corrected chi connectivity index (χ1v) is 9.45. The van der Waals surface area contributed by atoms with E-state index in [0.717, 1.165) is 47.8 Å². The van der Waals surface area contributed by atoms with Gasteiger partial charge in [-0.25, -0.2) is 0 Å². The minimum Gasteiger partial charge on any atom is -0.398 e. The summed E-state index contributed by atoms with van der Waals surface area (Å²) in [6.07, 6.45) is 2.86. The van der Waals surface area contributed by atoms with Crippen molar-refractivity contribution in [3.05, 3.63) is 23.8 Å². The predicted molar refractivity (Wildman–Crippen MR) is 85.6 cm³/mol. The second-order valence-electron chi connectivity index (χ2n) is 5.79. The van der Waals surface area contributed by atoms with Gasteiger partial charge in [0, 0.05) is 23.3 Å². The highest BCUT2D eigenvalue weighted by Crippen LogP contribution is 2.40. The quantitative estimate of drug-likeness (QED) is 0.853. The number of thioether (sulfide) groups is 1. The number of ether oxygens (including phenoxy) is 1. The van der Waals surface area contributed by atoms with E-state index in [1.165, 1.54) is 0 Å². The summed E-state index contributed by atoms with van der Waals surface area (Å²) in [6.45, 7) is 2.74. The maximum absolute atomic E-state index is 12.9. The highest BCUT2D eigenvalue weighted by atomic mass is 32.2. The summed E-state index contributed by atoms with van der Waals surface area (Å²) in [5.41, 5.74) is 7.75. The Labute approximate surface area is 127 Å². The topological polar surface area (TPSA) is 52.3 Å². The fourth-order valence-corrected chi connectivity index (χ4v) is 6.13. The molecule has 110 valence electrons. The van der Waals surface area contributed by atoms with Crippen LogP contribution in [0.2, 0.25) is 0 Å². The fraction of sp³-hybridized carbons (Fsp3) is 0.600. The summed E-state index contributed by atoms with van der Waals surface area (Å²) in [6, 6.07) is 5.80. The smallest absolute Gasteiger partial charge is 0.0791 e. The molecule has 3 unspecified atom stereocenters. The van der Waals surface area contributed by atoms with E-state index in [4.69, 9.17) is 10.5 Å². The molecule has 20 heavy (non-hydrogen) atoms. The Kier molecular flexibility index (Phi) is 4.11. The van der Waals surface area contributed by atoms with Crippen LogP contribution in [0.25, 0.3) is 0 Å². The third-order valence-electron chi connectivity index (χ3n) is 4.20. The van der Waals surface area contributed by atoms with Gasteiger partial charge in [0.2, 0.25) is 0 Å². The first-order valence-electron chi connectivity index (χ1n) is 7.08. The lowest BCUT2D eigenvalue weighted by Gasteiger charge is -2.37. The number of nitrogens with two attached hydrogens (primary N) is 1. The molecule has 2 aliphatic rings. The zero-order valence-corrected chi connectivity index (χ0v) is 13.4. The molecule has 2 aliphatic heterocycles. The Morgan fingerprint density at radius 2 is 2.35 bits per heavy atom. The van der Waals surface area contributed by atoms with E-state index < -0.39 is 10.8 Å². The molecule has 0 bridgehead atoms. The van der Waals surface area contributed by atoms with Crippen LogP contribution in [0.4, 0.5) is 5.69 Å². The highest BCUT2D eigenvalue weighted by Gasteiger charge is 2.42. The third kappa shape index (κ3) is 2.76. The number of hydrogen-bond donors (Lipinski definition) is 1. The molecule has 3 rings (SSSR count). The van der Waals surface area contributed by atoms with Gasteiger partial charge in [0.25, 0.3) is 0 Å². The monoisotopic (exact) mass is 311 g/mol. The Hall–Kier alpha value is -0.520. The molecule has 1 aromatic carbocycles. The average molecular weight is 311 g/mol. The van der Waals surface area contributed by atoms with Crippen molar-refractivity contribution in [2.75, 3.05) is 23.8 Å². The van der Waals surface area contributed by atoms with Crippen LogP contribution in [-0.2, 0) is 15.5 Å². The van der Waals surface area contributed by atoms with Crippen LogP contribution in [0.15, 0.2) is 23.1 Å². The van der Waals surface area contributed by atoms with Gasteiger partial charge in [-0.2, -0.15) is 11.8 Å². The second kappa shape index (κ2) is 5.70. The first kappa shape index (κ1) is 14.4. The Morgan fingerprint density at radius 3 is 3.10 bits per heavy atom. The minimum atomic E-state index is -1.03. The molecular weight excluding hydrogens is 290 g/mol. The molecule has 0 aromatic heterocycles. The van der Waals surface area contributed by atoms with Crippen LogP contribution in [0.1, 0.15) is 24.8 Å². The molecule has 3 atom stereocenters. The van der Waals surface area contributed by atoms with E-state index in [2.05, 4.69) is 0 Å². The van der Waals surface area contributed by atoms with Gasteiger partial charge in [-0.3, -0.25) is 4.21 Å². The summed E-state index contributed by atoms with van der Waals surface area (Å²) >= 11 is 1.95. The van der Waals surface area contributed by atoms with Crippen molar-refractivity contribution in [1.82, 2.24) is 0 Å². The summed E-state index contributed by atoms with van der Waals surface area (Å²) in [7, 11) is -1.03. The van der Waals surface area contributed by atoms with Gasteiger partial charge in [-0.15, -0.1) is 0 Å². The summed E-state index contributed by atoms with van der Waals surface area (Å²) in [4.78, 5) is 0.803. The zero-order chi connectivity index (χ0) is 14.2. The van der Waals surface area contributed by atoms with E-state index in [1.807, 2.05) is 36.9 Å². The molecule has 2 heterocycles. The molecule has 0 saturated carbocycles. The lowest BCUT2D eigenvalue weighted by Crippen LogP contribution is -2.43. The average Bonchev–Trinajstić information content (AvgIpc) is 2.88. The normalized spacial score (nSPS) is 31.6. The first-order chi connectivity index (χ1) is 9.60. The summed E-state index contributed by atoms with van der Waals surface area (Å²) in [5, 5.41) is 0.173. The summed E-state index contributed by atoms with van der Waals surface area (Å²) < 4.78 is 18.9. The van der Waals surface area contributed by atoms with E-state index in [0.29, 0.717) is 5.69 Å². The number of nitrogen functional groups attached to an aromatic ring is 1. The molecule has 2 saturated heterocycles. The van der Waals surface area contributed by atoms with Crippen LogP contribution in [0.5, 0.6) is 0 Å². The Bertz CT molecular complexity index is 527. The fourth-order valence-electron chi connectivity index (χ4n) is 3.02. The van der Waals surface area contributed by atoms with Crippen LogP contribution >= 0.6 is 11.8 Å². The molecule has 2 fully saturated rings. The number of hydrogen-bond acceptors (Lipinski definition) is 4. The zero-order valence-electron chi connectivity index (χ0n) is 11.8. The van der Waals surface area contributed by atoms with E-state index in [-0.39, 0.29) is 10.9 Å². The molecule has 1 aromatic rings. The minimum absolute atomic E-state index is 0.0260. The van der Waals surface area contributed by atoms with Crippen molar-refractivity contribution in [3.63, 3.8) is 0 Å². The molecule has 0 aliphatic carbocycles. The number of anilines is 1. The maximum Gasteiger partial charge on any atom is 0.0791 e. The van der Waals surface area contributed by atoms with Crippen molar-refractivity contribution in [1.29, 1.82) is 0 Å². The van der Waals surface area contributed by atoms with E-state index >= 15 is 0 Å². The predicted octanol–water partition coefficient (Wildman–Crippen LogP) is 2.74. The lowest BCUT2D eigenvalue weighted by atomic mass is 9.93.